The monoisotopic (exact) mass is 357 g/mol. The Hall–Kier alpha value is 0.350. The van der Waals surface area contributed by atoms with Crippen LogP contribution in [0.2, 0.25) is 0 Å². The molecule has 1 aromatic heterocycles. The molecule has 3 nitrogen and oxygen atoms in total. The number of rotatable bonds is 6. The molecule has 0 fully saturated rings. The van der Waals surface area contributed by atoms with Crippen molar-refractivity contribution in [2.45, 2.75) is 13.0 Å². The molecule has 0 aliphatic carbocycles. The Labute approximate surface area is 109 Å². The normalized spacial score (nSPS) is 13.0. The highest BCUT2D eigenvalue weighted by Crippen LogP contribution is 2.26. The lowest BCUT2D eigenvalue weighted by Gasteiger charge is -2.00. The summed E-state index contributed by atoms with van der Waals surface area (Å²) in [6, 6.07) is 1.93. The van der Waals surface area contributed by atoms with E-state index >= 15 is 0 Å². The van der Waals surface area contributed by atoms with Gasteiger partial charge in [0.2, 0.25) is 0 Å². The van der Waals surface area contributed by atoms with E-state index in [0.717, 1.165) is 29.0 Å². The van der Waals surface area contributed by atoms with Crippen LogP contribution in [0.5, 0.6) is 0 Å². The summed E-state index contributed by atoms with van der Waals surface area (Å²) >= 11 is 6.63. The van der Waals surface area contributed by atoms with Gasteiger partial charge in [-0.25, -0.2) is 0 Å². The van der Waals surface area contributed by atoms with Crippen molar-refractivity contribution in [3.8, 4) is 0 Å². The van der Waals surface area contributed by atoms with E-state index in [4.69, 9.17) is 4.42 Å². The smallest absolute Gasteiger partial charge is 0.183 e. The van der Waals surface area contributed by atoms with Crippen molar-refractivity contribution in [1.82, 2.24) is 5.32 Å². The van der Waals surface area contributed by atoms with E-state index in [1.807, 2.05) is 6.07 Å². The molecule has 0 aromatic carbocycles. The van der Waals surface area contributed by atoms with E-state index in [1.54, 1.807) is 6.26 Å². The second-order valence-corrected chi connectivity index (χ2v) is 6.27. The number of nitrogens with one attached hydrogen (secondary N) is 1. The van der Waals surface area contributed by atoms with Crippen molar-refractivity contribution in [1.29, 1.82) is 0 Å². The summed E-state index contributed by atoms with van der Waals surface area (Å²) in [4.78, 5) is 0. The van der Waals surface area contributed by atoms with Gasteiger partial charge in [-0.05, 0) is 50.9 Å². The zero-order valence-electron chi connectivity index (χ0n) is 8.39. The topological polar surface area (TPSA) is 42.2 Å². The number of hydrogen-bond acceptors (Lipinski definition) is 3. The Bertz CT molecular complexity index is 321. The van der Waals surface area contributed by atoms with Crippen LogP contribution < -0.4 is 5.32 Å². The summed E-state index contributed by atoms with van der Waals surface area (Å²) < 4.78 is 17.8. The van der Waals surface area contributed by atoms with Gasteiger partial charge in [0.05, 0.1) is 11.0 Å². The second-order valence-electron chi connectivity index (χ2n) is 3.14. The Morgan fingerprint density at radius 2 is 2.27 bits per heavy atom. The van der Waals surface area contributed by atoms with E-state index in [1.165, 1.54) is 0 Å². The molecular formula is C9H13Br2NO2S. The fourth-order valence-corrected chi connectivity index (χ4v) is 2.30. The van der Waals surface area contributed by atoms with Crippen LogP contribution in [0.25, 0.3) is 0 Å². The Morgan fingerprint density at radius 1 is 1.53 bits per heavy atom. The standard InChI is InChI=1S/C9H13Br2NO2S/c1-15(13)4-2-3-12-6-7-5-8(10)9(11)14-7/h5,12H,2-4,6H2,1H3. The molecule has 1 unspecified atom stereocenters. The summed E-state index contributed by atoms with van der Waals surface area (Å²) in [5, 5.41) is 3.23. The minimum absolute atomic E-state index is 0.692. The number of furan rings is 1. The van der Waals surface area contributed by atoms with Gasteiger partial charge in [0, 0.05) is 22.8 Å². The van der Waals surface area contributed by atoms with E-state index in [9.17, 15) is 4.21 Å². The predicted molar refractivity (Wildman–Crippen MR) is 69.4 cm³/mol. The fraction of sp³-hybridized carbons (Fsp3) is 0.556. The van der Waals surface area contributed by atoms with Gasteiger partial charge in [-0.15, -0.1) is 0 Å². The molecule has 0 spiro atoms. The third kappa shape index (κ3) is 5.29. The van der Waals surface area contributed by atoms with Crippen LogP contribution in [0.3, 0.4) is 0 Å². The van der Waals surface area contributed by atoms with Crippen molar-refractivity contribution >= 4 is 42.7 Å². The largest absolute Gasteiger partial charge is 0.452 e. The summed E-state index contributed by atoms with van der Waals surface area (Å²) in [5.41, 5.74) is 0. The molecule has 0 bridgehead atoms. The van der Waals surface area contributed by atoms with Crippen LogP contribution in [0, 0.1) is 0 Å². The predicted octanol–water partition coefficient (Wildman–Crippen LogP) is 2.66. The van der Waals surface area contributed by atoms with Gasteiger partial charge in [0.25, 0.3) is 0 Å². The molecule has 0 radical (unpaired) electrons. The summed E-state index contributed by atoms with van der Waals surface area (Å²) in [6.45, 7) is 1.55. The van der Waals surface area contributed by atoms with Crippen LogP contribution in [0.1, 0.15) is 12.2 Å². The minimum atomic E-state index is -0.692. The average molecular weight is 359 g/mol. The molecule has 1 heterocycles. The van der Waals surface area contributed by atoms with Crippen molar-refractivity contribution in [3.05, 3.63) is 21.0 Å². The van der Waals surface area contributed by atoms with Gasteiger partial charge in [-0.1, -0.05) is 0 Å². The highest BCUT2D eigenvalue weighted by atomic mass is 79.9. The van der Waals surface area contributed by atoms with Crippen LogP contribution in [0.15, 0.2) is 19.6 Å². The highest BCUT2D eigenvalue weighted by Gasteiger charge is 2.04. The average Bonchev–Trinajstić information content (AvgIpc) is 2.45. The van der Waals surface area contributed by atoms with Crippen molar-refractivity contribution < 1.29 is 8.63 Å². The molecular weight excluding hydrogens is 346 g/mol. The summed E-state index contributed by atoms with van der Waals surface area (Å²) in [6.07, 6.45) is 2.65. The first-order valence-corrected chi connectivity index (χ1v) is 7.85. The van der Waals surface area contributed by atoms with Gasteiger partial charge < -0.3 is 9.73 Å². The zero-order valence-corrected chi connectivity index (χ0v) is 12.4. The molecule has 1 aromatic rings. The fourth-order valence-electron chi connectivity index (χ4n) is 1.09. The zero-order chi connectivity index (χ0) is 11.3. The minimum Gasteiger partial charge on any atom is -0.452 e. The summed E-state index contributed by atoms with van der Waals surface area (Å²) in [5.74, 6) is 1.63. The van der Waals surface area contributed by atoms with Crippen molar-refractivity contribution in [2.24, 2.45) is 0 Å². The van der Waals surface area contributed by atoms with Crippen LogP contribution in [0.4, 0.5) is 0 Å². The molecule has 86 valence electrons. The SMILES string of the molecule is CS(=O)CCCNCc1cc(Br)c(Br)o1. The maximum atomic E-state index is 10.8. The maximum Gasteiger partial charge on any atom is 0.183 e. The van der Waals surface area contributed by atoms with Crippen LogP contribution in [-0.4, -0.2) is 22.8 Å². The molecule has 0 saturated heterocycles. The Kier molecular flexibility index (Phi) is 6.11. The lowest BCUT2D eigenvalue weighted by molar-refractivity contribution is 0.465. The number of halogens is 2. The van der Waals surface area contributed by atoms with Crippen LogP contribution in [-0.2, 0) is 17.3 Å². The van der Waals surface area contributed by atoms with Gasteiger partial charge >= 0.3 is 0 Å². The number of hydrogen-bond donors (Lipinski definition) is 1. The first-order chi connectivity index (χ1) is 7.09. The van der Waals surface area contributed by atoms with E-state index in [0.29, 0.717) is 11.2 Å². The Balaban J connectivity index is 2.18. The Morgan fingerprint density at radius 3 is 2.80 bits per heavy atom. The quantitative estimate of drug-likeness (QED) is 0.795. The van der Waals surface area contributed by atoms with Gasteiger partial charge in [0.15, 0.2) is 4.67 Å². The molecule has 6 heteroatoms. The lowest BCUT2D eigenvalue weighted by Crippen LogP contribution is -2.16. The highest BCUT2D eigenvalue weighted by molar-refractivity contribution is 9.13. The molecule has 0 aliphatic heterocycles. The van der Waals surface area contributed by atoms with Crippen molar-refractivity contribution in [2.75, 3.05) is 18.6 Å². The lowest BCUT2D eigenvalue weighted by atomic mass is 10.4. The molecule has 1 rings (SSSR count). The van der Waals surface area contributed by atoms with Gasteiger partial charge in [-0.3, -0.25) is 4.21 Å². The molecule has 1 N–H and O–H groups in total. The van der Waals surface area contributed by atoms with Crippen LogP contribution >= 0.6 is 31.9 Å². The summed E-state index contributed by atoms with van der Waals surface area (Å²) in [7, 11) is -0.692. The third-order valence-electron chi connectivity index (χ3n) is 1.78. The van der Waals surface area contributed by atoms with E-state index < -0.39 is 10.8 Å². The maximum absolute atomic E-state index is 10.8. The van der Waals surface area contributed by atoms with Crippen molar-refractivity contribution in [3.63, 3.8) is 0 Å². The third-order valence-corrected chi connectivity index (χ3v) is 4.35. The first kappa shape index (κ1) is 13.4. The molecule has 0 amide bonds. The second kappa shape index (κ2) is 6.83. The molecule has 0 saturated carbocycles. The van der Waals surface area contributed by atoms with Gasteiger partial charge in [-0.2, -0.15) is 0 Å². The molecule has 0 aliphatic rings. The van der Waals surface area contributed by atoms with E-state index in [-0.39, 0.29) is 0 Å². The molecule has 15 heavy (non-hydrogen) atoms. The molecule has 1 atom stereocenters. The van der Waals surface area contributed by atoms with Gasteiger partial charge in [0.1, 0.15) is 5.76 Å². The van der Waals surface area contributed by atoms with E-state index in [2.05, 4.69) is 37.2 Å². The first-order valence-electron chi connectivity index (χ1n) is 4.54.